The van der Waals surface area contributed by atoms with Crippen LogP contribution in [0.15, 0.2) is 158 Å². The predicted molar refractivity (Wildman–Crippen MR) is 210 cm³/mol. The molecule has 1 heterocycles. The Balaban J connectivity index is 1.14. The van der Waals surface area contributed by atoms with Crippen LogP contribution in [-0.4, -0.2) is 4.98 Å². The van der Waals surface area contributed by atoms with Gasteiger partial charge in [0.1, 0.15) is 5.01 Å². The van der Waals surface area contributed by atoms with Crippen LogP contribution in [-0.2, 0) is 5.41 Å². The Morgan fingerprint density at radius 2 is 1.10 bits per heavy atom. The van der Waals surface area contributed by atoms with E-state index in [1.165, 1.54) is 64.8 Å². The van der Waals surface area contributed by atoms with Crippen molar-refractivity contribution in [3.8, 4) is 21.7 Å². The first-order valence-corrected chi connectivity index (χ1v) is 17.7. The summed E-state index contributed by atoms with van der Waals surface area (Å²) in [4.78, 5) is 7.53. The van der Waals surface area contributed by atoms with Gasteiger partial charge in [-0.25, -0.2) is 4.98 Å². The number of fused-ring (bicyclic) bond motifs is 8. The third-order valence-corrected chi connectivity index (χ3v) is 11.5. The van der Waals surface area contributed by atoms with Crippen LogP contribution >= 0.6 is 11.3 Å². The second kappa shape index (κ2) is 10.6. The molecule has 1 aromatic heterocycles. The van der Waals surface area contributed by atoms with Gasteiger partial charge in [-0.1, -0.05) is 105 Å². The van der Waals surface area contributed by atoms with Crippen LogP contribution < -0.4 is 4.90 Å². The van der Waals surface area contributed by atoms with Crippen molar-refractivity contribution < 1.29 is 0 Å². The number of hydrogen-bond acceptors (Lipinski definition) is 3. The lowest BCUT2D eigenvalue weighted by atomic mass is 9.81. The summed E-state index contributed by atoms with van der Waals surface area (Å²) in [7, 11) is 0. The average Bonchev–Trinajstić information content (AvgIpc) is 3.66. The van der Waals surface area contributed by atoms with Gasteiger partial charge in [-0.05, 0) is 121 Å². The van der Waals surface area contributed by atoms with Gasteiger partial charge in [0.2, 0.25) is 0 Å². The molecular formula is C46H32N2S. The quantitative estimate of drug-likeness (QED) is 0.177. The van der Waals surface area contributed by atoms with Crippen molar-refractivity contribution >= 4 is 70.9 Å². The van der Waals surface area contributed by atoms with Crippen LogP contribution in [0, 0.1) is 0 Å². The van der Waals surface area contributed by atoms with Gasteiger partial charge < -0.3 is 4.90 Å². The van der Waals surface area contributed by atoms with Gasteiger partial charge >= 0.3 is 0 Å². The van der Waals surface area contributed by atoms with E-state index in [-0.39, 0.29) is 5.41 Å². The number of benzene rings is 8. The largest absolute Gasteiger partial charge is 0.310 e. The molecule has 9 aromatic rings. The highest BCUT2D eigenvalue weighted by Gasteiger charge is 2.36. The average molecular weight is 645 g/mol. The number of nitrogens with zero attached hydrogens (tertiary/aromatic N) is 2. The van der Waals surface area contributed by atoms with E-state index in [9.17, 15) is 0 Å². The van der Waals surface area contributed by atoms with Crippen molar-refractivity contribution in [2.24, 2.45) is 0 Å². The Kier molecular flexibility index (Phi) is 6.12. The molecule has 0 atom stereocenters. The number of thiazole rings is 1. The van der Waals surface area contributed by atoms with Crippen molar-refractivity contribution in [2.75, 3.05) is 4.90 Å². The fraction of sp³-hybridized carbons (Fsp3) is 0.0652. The summed E-state index contributed by atoms with van der Waals surface area (Å²) in [6.07, 6.45) is 0. The first kappa shape index (κ1) is 28.3. The van der Waals surface area contributed by atoms with Gasteiger partial charge in [-0.3, -0.25) is 0 Å². The second-order valence-corrected chi connectivity index (χ2v) is 14.7. The Morgan fingerprint density at radius 3 is 1.88 bits per heavy atom. The van der Waals surface area contributed by atoms with Gasteiger partial charge in [0.05, 0.1) is 10.2 Å². The summed E-state index contributed by atoms with van der Waals surface area (Å²) in [5, 5.41) is 8.63. The lowest BCUT2D eigenvalue weighted by Crippen LogP contribution is -2.14. The van der Waals surface area contributed by atoms with E-state index in [2.05, 4.69) is 176 Å². The molecule has 49 heavy (non-hydrogen) atoms. The molecule has 0 radical (unpaired) electrons. The minimum absolute atomic E-state index is 0.131. The van der Waals surface area contributed by atoms with Gasteiger partial charge in [-0.15, -0.1) is 11.3 Å². The molecule has 0 N–H and O–H groups in total. The highest BCUT2D eigenvalue weighted by molar-refractivity contribution is 7.21. The van der Waals surface area contributed by atoms with E-state index in [0.29, 0.717) is 0 Å². The van der Waals surface area contributed by atoms with Gasteiger partial charge in [0.15, 0.2) is 0 Å². The minimum Gasteiger partial charge on any atom is -0.310 e. The second-order valence-electron chi connectivity index (χ2n) is 13.7. The van der Waals surface area contributed by atoms with Crippen LogP contribution in [0.4, 0.5) is 17.1 Å². The molecule has 3 heteroatoms. The molecule has 1 aliphatic carbocycles. The summed E-state index contributed by atoms with van der Waals surface area (Å²) in [6.45, 7) is 4.73. The maximum absolute atomic E-state index is 5.18. The van der Waals surface area contributed by atoms with Crippen LogP contribution in [0.2, 0.25) is 0 Å². The molecule has 0 unspecified atom stereocenters. The van der Waals surface area contributed by atoms with E-state index in [0.717, 1.165) is 27.6 Å². The fourth-order valence-corrected chi connectivity index (χ4v) is 8.86. The van der Waals surface area contributed by atoms with E-state index >= 15 is 0 Å². The zero-order valence-electron chi connectivity index (χ0n) is 27.3. The molecule has 2 nitrogen and oxygen atoms in total. The van der Waals surface area contributed by atoms with Gasteiger partial charge in [-0.2, -0.15) is 0 Å². The fourth-order valence-electron chi connectivity index (χ4n) is 7.88. The topological polar surface area (TPSA) is 16.1 Å². The Morgan fingerprint density at radius 1 is 0.490 bits per heavy atom. The van der Waals surface area contributed by atoms with Crippen molar-refractivity contribution in [1.82, 2.24) is 4.98 Å². The van der Waals surface area contributed by atoms with Crippen LogP contribution in [0.1, 0.15) is 25.0 Å². The normalized spacial score (nSPS) is 13.3. The zero-order chi connectivity index (χ0) is 32.7. The van der Waals surface area contributed by atoms with Crippen molar-refractivity contribution in [3.05, 3.63) is 169 Å². The van der Waals surface area contributed by atoms with Crippen molar-refractivity contribution in [3.63, 3.8) is 0 Å². The zero-order valence-corrected chi connectivity index (χ0v) is 28.1. The molecule has 0 saturated carbocycles. The maximum atomic E-state index is 5.18. The Bertz CT molecular complexity index is 2700. The summed E-state index contributed by atoms with van der Waals surface area (Å²) < 4.78 is 1.23. The minimum atomic E-state index is -0.131. The van der Waals surface area contributed by atoms with E-state index in [4.69, 9.17) is 4.98 Å². The monoisotopic (exact) mass is 644 g/mol. The van der Waals surface area contributed by atoms with Gasteiger partial charge in [0, 0.05) is 28.0 Å². The summed E-state index contributed by atoms with van der Waals surface area (Å²) >= 11 is 1.79. The smallest absolute Gasteiger partial charge is 0.124 e. The first-order chi connectivity index (χ1) is 24.0. The molecule has 8 aromatic carbocycles. The molecule has 10 rings (SSSR count). The molecule has 1 aliphatic rings. The molecule has 0 saturated heterocycles. The lowest BCUT2D eigenvalue weighted by molar-refractivity contribution is 0.662. The highest BCUT2D eigenvalue weighted by Crippen LogP contribution is 2.52. The molecular weight excluding hydrogens is 613 g/mol. The molecule has 0 aliphatic heterocycles. The summed E-state index contributed by atoms with van der Waals surface area (Å²) in [5.74, 6) is 0. The molecule has 0 fully saturated rings. The highest BCUT2D eigenvalue weighted by atomic mass is 32.1. The number of hydrogen-bond donors (Lipinski definition) is 0. The maximum Gasteiger partial charge on any atom is 0.124 e. The lowest BCUT2D eigenvalue weighted by Gasteiger charge is -2.26. The van der Waals surface area contributed by atoms with E-state index < -0.39 is 0 Å². The number of para-hydroxylation sites is 2. The van der Waals surface area contributed by atoms with Crippen LogP contribution in [0.3, 0.4) is 0 Å². The summed E-state index contributed by atoms with van der Waals surface area (Å²) in [6, 6.07) is 57.6. The summed E-state index contributed by atoms with van der Waals surface area (Å²) in [5.41, 5.74) is 10.9. The first-order valence-electron chi connectivity index (χ1n) is 16.9. The van der Waals surface area contributed by atoms with Crippen molar-refractivity contribution in [2.45, 2.75) is 19.3 Å². The molecule has 0 bridgehead atoms. The van der Waals surface area contributed by atoms with Crippen LogP contribution in [0.5, 0.6) is 0 Å². The predicted octanol–water partition coefficient (Wildman–Crippen LogP) is 13.2. The van der Waals surface area contributed by atoms with Crippen molar-refractivity contribution in [1.29, 1.82) is 0 Å². The number of rotatable bonds is 4. The third-order valence-electron chi connectivity index (χ3n) is 10.4. The Labute approximate surface area is 289 Å². The standard InChI is InChI=1S/C46H32N2S/c1-46(2)41-24-32-19-18-30-21-22-36(48(34-13-5-3-6-14-34)35-15-7-4-8-16-35)25-37(30)38(32)26-39(41)40-27-44-43(28-42(40)46)47-45(49-44)33-20-17-29-11-9-10-12-31(29)23-33/h3-28H,1-2H3. The SMILES string of the molecule is CC1(C)c2cc3ccc4ccc(N(c5ccccc5)c5ccccc5)cc4c3cc2-c2cc3sc(-c4ccc5ccccc5c4)nc3cc21. The molecule has 232 valence electrons. The van der Waals surface area contributed by atoms with E-state index in [1.54, 1.807) is 11.3 Å². The van der Waals surface area contributed by atoms with Crippen LogP contribution in [0.25, 0.3) is 64.2 Å². The van der Waals surface area contributed by atoms with Gasteiger partial charge in [0.25, 0.3) is 0 Å². The molecule has 0 amide bonds. The third kappa shape index (κ3) is 4.43. The Hall–Kier alpha value is -5.77. The number of anilines is 3. The molecule has 0 spiro atoms. The van der Waals surface area contributed by atoms with E-state index in [1.807, 2.05) is 0 Å². The number of aromatic nitrogens is 1.